The van der Waals surface area contributed by atoms with E-state index in [4.69, 9.17) is 0 Å². The second-order valence-corrected chi connectivity index (χ2v) is 5.84. The van der Waals surface area contributed by atoms with Gasteiger partial charge in [0.25, 0.3) is 0 Å². The summed E-state index contributed by atoms with van der Waals surface area (Å²) in [6, 6.07) is 1.62. The fourth-order valence-corrected chi connectivity index (χ4v) is 2.15. The first kappa shape index (κ1) is 22.2. The van der Waals surface area contributed by atoms with E-state index >= 15 is 0 Å². The predicted octanol–water partition coefficient (Wildman–Crippen LogP) is 3.08. The van der Waals surface area contributed by atoms with Crippen LogP contribution in [-0.2, 0) is 0 Å². The van der Waals surface area contributed by atoms with E-state index in [1.807, 2.05) is 0 Å². The SMILES string of the molecule is CCNC(=NCCCN(C(C)C)C(C)C)NC(C)C.I. The van der Waals surface area contributed by atoms with Gasteiger partial charge in [0, 0.05) is 37.8 Å². The maximum Gasteiger partial charge on any atom is 0.191 e. The Morgan fingerprint density at radius 2 is 1.60 bits per heavy atom. The van der Waals surface area contributed by atoms with Gasteiger partial charge in [-0.25, -0.2) is 0 Å². The molecule has 0 spiro atoms. The molecule has 0 amide bonds. The van der Waals surface area contributed by atoms with Crippen LogP contribution in [0.1, 0.15) is 54.9 Å². The van der Waals surface area contributed by atoms with Crippen molar-refractivity contribution >= 4 is 29.9 Å². The molecular formula is C15H35IN4. The first-order chi connectivity index (χ1) is 8.88. The van der Waals surface area contributed by atoms with E-state index in [0.717, 1.165) is 32.0 Å². The van der Waals surface area contributed by atoms with Gasteiger partial charge < -0.3 is 10.6 Å². The molecule has 0 aliphatic rings. The highest BCUT2D eigenvalue weighted by molar-refractivity contribution is 14.0. The van der Waals surface area contributed by atoms with E-state index in [1.54, 1.807) is 0 Å². The third-order valence-corrected chi connectivity index (χ3v) is 2.94. The van der Waals surface area contributed by atoms with Crippen molar-refractivity contribution in [3.05, 3.63) is 0 Å². The molecule has 0 atom stereocenters. The molecule has 0 fully saturated rings. The summed E-state index contributed by atoms with van der Waals surface area (Å²) in [4.78, 5) is 7.12. The minimum absolute atomic E-state index is 0. The molecule has 0 radical (unpaired) electrons. The van der Waals surface area contributed by atoms with Gasteiger partial charge in [-0.3, -0.25) is 9.89 Å². The number of nitrogens with one attached hydrogen (secondary N) is 2. The molecular weight excluding hydrogens is 363 g/mol. The molecule has 0 saturated heterocycles. The van der Waals surface area contributed by atoms with Crippen molar-refractivity contribution in [3.8, 4) is 0 Å². The highest BCUT2D eigenvalue weighted by Gasteiger charge is 2.12. The fraction of sp³-hybridized carbons (Fsp3) is 0.933. The summed E-state index contributed by atoms with van der Waals surface area (Å²) < 4.78 is 0. The van der Waals surface area contributed by atoms with Crippen molar-refractivity contribution < 1.29 is 0 Å². The Balaban J connectivity index is 0. The molecule has 0 saturated carbocycles. The number of rotatable bonds is 8. The zero-order chi connectivity index (χ0) is 14.8. The Labute approximate surface area is 143 Å². The van der Waals surface area contributed by atoms with Gasteiger partial charge in [-0.05, 0) is 54.9 Å². The van der Waals surface area contributed by atoms with Crippen LogP contribution in [-0.4, -0.2) is 48.6 Å². The van der Waals surface area contributed by atoms with Crippen LogP contribution >= 0.6 is 24.0 Å². The van der Waals surface area contributed by atoms with Crippen LogP contribution in [0.4, 0.5) is 0 Å². The highest BCUT2D eigenvalue weighted by atomic mass is 127. The lowest BCUT2D eigenvalue weighted by Gasteiger charge is -2.30. The number of nitrogens with zero attached hydrogens (tertiary/aromatic N) is 2. The average Bonchev–Trinajstić information content (AvgIpc) is 2.26. The molecule has 0 aliphatic heterocycles. The molecule has 4 nitrogen and oxygen atoms in total. The first-order valence-electron chi connectivity index (χ1n) is 7.69. The highest BCUT2D eigenvalue weighted by Crippen LogP contribution is 2.05. The molecule has 0 aromatic carbocycles. The smallest absolute Gasteiger partial charge is 0.191 e. The third kappa shape index (κ3) is 10.7. The minimum atomic E-state index is 0. The lowest BCUT2D eigenvalue weighted by Crippen LogP contribution is -2.41. The van der Waals surface area contributed by atoms with Crippen LogP contribution in [0.3, 0.4) is 0 Å². The Morgan fingerprint density at radius 1 is 1.05 bits per heavy atom. The minimum Gasteiger partial charge on any atom is -0.357 e. The van der Waals surface area contributed by atoms with Gasteiger partial charge in [0.2, 0.25) is 0 Å². The second kappa shape index (κ2) is 12.7. The molecule has 0 bridgehead atoms. The van der Waals surface area contributed by atoms with Gasteiger partial charge in [-0.2, -0.15) is 0 Å². The summed E-state index contributed by atoms with van der Waals surface area (Å²) in [5.74, 6) is 0.929. The van der Waals surface area contributed by atoms with Gasteiger partial charge in [0.05, 0.1) is 0 Å². The molecule has 0 aliphatic carbocycles. The van der Waals surface area contributed by atoms with Gasteiger partial charge in [-0.1, -0.05) is 0 Å². The Hall–Kier alpha value is -0.0400. The van der Waals surface area contributed by atoms with Crippen molar-refractivity contribution in [1.82, 2.24) is 15.5 Å². The summed E-state index contributed by atoms with van der Waals surface area (Å²) in [5, 5.41) is 6.61. The van der Waals surface area contributed by atoms with Crippen LogP contribution in [0.15, 0.2) is 4.99 Å². The Bertz CT molecular complexity index is 244. The molecule has 0 rings (SSSR count). The summed E-state index contributed by atoms with van der Waals surface area (Å²) in [6.45, 7) is 18.3. The van der Waals surface area contributed by atoms with Gasteiger partial charge in [-0.15, -0.1) is 24.0 Å². The zero-order valence-electron chi connectivity index (χ0n) is 14.4. The second-order valence-electron chi connectivity index (χ2n) is 5.84. The number of hydrogen-bond acceptors (Lipinski definition) is 2. The lowest BCUT2D eigenvalue weighted by molar-refractivity contribution is 0.174. The molecule has 0 heterocycles. The van der Waals surface area contributed by atoms with Crippen molar-refractivity contribution in [1.29, 1.82) is 0 Å². The number of aliphatic imine (C=N–C) groups is 1. The van der Waals surface area contributed by atoms with E-state index in [-0.39, 0.29) is 24.0 Å². The van der Waals surface area contributed by atoms with E-state index in [1.165, 1.54) is 0 Å². The van der Waals surface area contributed by atoms with Crippen molar-refractivity contribution in [3.63, 3.8) is 0 Å². The molecule has 122 valence electrons. The average molecular weight is 398 g/mol. The van der Waals surface area contributed by atoms with E-state index < -0.39 is 0 Å². The van der Waals surface area contributed by atoms with E-state index in [2.05, 4.69) is 69.0 Å². The monoisotopic (exact) mass is 398 g/mol. The predicted molar refractivity (Wildman–Crippen MR) is 101 cm³/mol. The summed E-state index contributed by atoms with van der Waals surface area (Å²) >= 11 is 0. The largest absolute Gasteiger partial charge is 0.357 e. The Morgan fingerprint density at radius 3 is 2.00 bits per heavy atom. The maximum absolute atomic E-state index is 4.61. The molecule has 5 heteroatoms. The van der Waals surface area contributed by atoms with Crippen LogP contribution < -0.4 is 10.6 Å². The van der Waals surface area contributed by atoms with Crippen LogP contribution in [0.5, 0.6) is 0 Å². The van der Waals surface area contributed by atoms with E-state index in [0.29, 0.717) is 18.1 Å². The van der Waals surface area contributed by atoms with Crippen LogP contribution in [0.25, 0.3) is 0 Å². The van der Waals surface area contributed by atoms with Crippen LogP contribution in [0.2, 0.25) is 0 Å². The number of guanidine groups is 1. The normalized spacial score (nSPS) is 12.2. The Kier molecular flexibility index (Phi) is 14.1. The number of hydrogen-bond donors (Lipinski definition) is 2. The third-order valence-electron chi connectivity index (χ3n) is 2.94. The zero-order valence-corrected chi connectivity index (χ0v) is 16.7. The van der Waals surface area contributed by atoms with Crippen molar-refractivity contribution in [2.45, 2.75) is 73.0 Å². The lowest BCUT2D eigenvalue weighted by atomic mass is 10.2. The quantitative estimate of drug-likeness (QED) is 0.286. The molecule has 0 unspecified atom stereocenters. The van der Waals surface area contributed by atoms with Gasteiger partial charge >= 0.3 is 0 Å². The van der Waals surface area contributed by atoms with Crippen LogP contribution in [0, 0.1) is 0 Å². The standard InChI is InChI=1S/C15H34N4.HI/c1-8-16-15(18-12(2)3)17-10-9-11-19(13(4)5)14(6)7;/h12-14H,8-11H2,1-7H3,(H2,16,17,18);1H. The van der Waals surface area contributed by atoms with Crippen molar-refractivity contribution in [2.24, 2.45) is 4.99 Å². The van der Waals surface area contributed by atoms with Gasteiger partial charge in [0.1, 0.15) is 0 Å². The number of halogens is 1. The molecule has 0 aromatic heterocycles. The summed E-state index contributed by atoms with van der Waals surface area (Å²) in [7, 11) is 0. The first-order valence-corrected chi connectivity index (χ1v) is 7.69. The fourth-order valence-electron chi connectivity index (χ4n) is 2.15. The molecule has 0 aromatic rings. The molecule has 20 heavy (non-hydrogen) atoms. The van der Waals surface area contributed by atoms with E-state index in [9.17, 15) is 0 Å². The molecule has 2 N–H and O–H groups in total. The summed E-state index contributed by atoms with van der Waals surface area (Å²) in [5.41, 5.74) is 0. The summed E-state index contributed by atoms with van der Waals surface area (Å²) in [6.07, 6.45) is 1.10. The van der Waals surface area contributed by atoms with Crippen molar-refractivity contribution in [2.75, 3.05) is 19.6 Å². The maximum atomic E-state index is 4.61. The van der Waals surface area contributed by atoms with Gasteiger partial charge in [0.15, 0.2) is 5.96 Å². The topological polar surface area (TPSA) is 39.7 Å².